The van der Waals surface area contributed by atoms with Crippen LogP contribution in [0, 0.1) is 11.2 Å². The molecule has 138 valence electrons. The summed E-state index contributed by atoms with van der Waals surface area (Å²) in [6.45, 7) is 3.88. The SMILES string of the molecule is CC1(C)CON(Cc2ccc(F)c(-c3ccc(C(F)(F)F)cn3)c2)C1=O. The number of carbonyl (C=O) groups is 1. The summed E-state index contributed by atoms with van der Waals surface area (Å²) in [5.74, 6) is -0.800. The molecule has 0 saturated carbocycles. The first-order chi connectivity index (χ1) is 12.1. The molecule has 26 heavy (non-hydrogen) atoms. The van der Waals surface area contributed by atoms with E-state index in [0.717, 1.165) is 12.1 Å². The van der Waals surface area contributed by atoms with E-state index in [1.807, 2.05) is 0 Å². The average molecular weight is 368 g/mol. The maximum absolute atomic E-state index is 14.1. The summed E-state index contributed by atoms with van der Waals surface area (Å²) in [4.78, 5) is 21.3. The fourth-order valence-electron chi connectivity index (χ4n) is 2.57. The highest BCUT2D eigenvalue weighted by atomic mass is 19.4. The Hall–Kier alpha value is -2.48. The molecule has 3 rings (SSSR count). The molecule has 0 bridgehead atoms. The van der Waals surface area contributed by atoms with Crippen molar-refractivity contribution in [2.45, 2.75) is 26.6 Å². The standard InChI is InChI=1S/C18H16F4N2O2/c1-17(2)10-26-24(16(17)25)9-11-3-5-14(19)13(7-11)15-6-4-12(8-23-15)18(20,21)22/h3-8H,9-10H2,1-2H3. The van der Waals surface area contributed by atoms with Gasteiger partial charge in [-0.2, -0.15) is 13.2 Å². The zero-order valence-electron chi connectivity index (χ0n) is 14.1. The number of hydrogen-bond acceptors (Lipinski definition) is 3. The van der Waals surface area contributed by atoms with Gasteiger partial charge in [-0.25, -0.2) is 9.45 Å². The zero-order valence-corrected chi connectivity index (χ0v) is 14.1. The van der Waals surface area contributed by atoms with Gasteiger partial charge in [0.2, 0.25) is 0 Å². The number of rotatable bonds is 3. The molecule has 0 unspecified atom stereocenters. The third kappa shape index (κ3) is 3.55. The molecule has 1 amide bonds. The van der Waals surface area contributed by atoms with E-state index in [9.17, 15) is 22.4 Å². The molecule has 1 saturated heterocycles. The number of benzene rings is 1. The Balaban J connectivity index is 1.86. The van der Waals surface area contributed by atoms with E-state index in [2.05, 4.69) is 4.98 Å². The number of alkyl halides is 3. The van der Waals surface area contributed by atoms with Crippen LogP contribution in [-0.2, 0) is 22.4 Å². The lowest BCUT2D eigenvalue weighted by molar-refractivity contribution is -0.165. The topological polar surface area (TPSA) is 42.4 Å². The summed E-state index contributed by atoms with van der Waals surface area (Å²) < 4.78 is 52.0. The van der Waals surface area contributed by atoms with Crippen LogP contribution in [0.1, 0.15) is 25.0 Å². The van der Waals surface area contributed by atoms with Crippen LogP contribution >= 0.6 is 0 Å². The summed E-state index contributed by atoms with van der Waals surface area (Å²) >= 11 is 0. The fourth-order valence-corrected chi connectivity index (χ4v) is 2.57. The number of hydroxylamine groups is 2. The molecule has 0 aliphatic carbocycles. The van der Waals surface area contributed by atoms with Gasteiger partial charge in [0.15, 0.2) is 0 Å². The Morgan fingerprint density at radius 3 is 2.50 bits per heavy atom. The molecule has 0 atom stereocenters. The van der Waals surface area contributed by atoms with Gasteiger partial charge in [-0.3, -0.25) is 14.6 Å². The number of amides is 1. The van der Waals surface area contributed by atoms with Gasteiger partial charge >= 0.3 is 6.18 Å². The molecule has 0 spiro atoms. The lowest BCUT2D eigenvalue weighted by atomic mass is 9.95. The predicted octanol–water partition coefficient (Wildman–Crippen LogP) is 4.21. The molecule has 1 aliphatic rings. The van der Waals surface area contributed by atoms with Gasteiger partial charge in [-0.05, 0) is 43.7 Å². The van der Waals surface area contributed by atoms with Crippen molar-refractivity contribution < 1.29 is 27.2 Å². The van der Waals surface area contributed by atoms with Crippen LogP contribution in [0.2, 0.25) is 0 Å². The van der Waals surface area contributed by atoms with Gasteiger partial charge < -0.3 is 0 Å². The maximum Gasteiger partial charge on any atom is 0.417 e. The summed E-state index contributed by atoms with van der Waals surface area (Å²) in [5.41, 5.74) is -0.823. The maximum atomic E-state index is 14.1. The van der Waals surface area contributed by atoms with Crippen molar-refractivity contribution in [3.8, 4) is 11.3 Å². The third-order valence-electron chi connectivity index (χ3n) is 4.11. The lowest BCUT2D eigenvalue weighted by Gasteiger charge is -2.17. The number of halogens is 4. The molecule has 1 aromatic heterocycles. The van der Waals surface area contributed by atoms with E-state index >= 15 is 0 Å². The van der Waals surface area contributed by atoms with Gasteiger partial charge in [0, 0.05) is 11.8 Å². The van der Waals surface area contributed by atoms with Crippen LogP contribution in [0.4, 0.5) is 17.6 Å². The molecule has 0 N–H and O–H groups in total. The first-order valence-electron chi connectivity index (χ1n) is 7.85. The van der Waals surface area contributed by atoms with Crippen molar-refractivity contribution in [1.82, 2.24) is 10.0 Å². The van der Waals surface area contributed by atoms with Crippen LogP contribution in [0.25, 0.3) is 11.3 Å². The van der Waals surface area contributed by atoms with Crippen molar-refractivity contribution >= 4 is 5.91 Å². The van der Waals surface area contributed by atoms with Gasteiger partial charge in [-0.15, -0.1) is 0 Å². The highest BCUT2D eigenvalue weighted by Gasteiger charge is 2.40. The minimum Gasteiger partial charge on any atom is -0.272 e. The quantitative estimate of drug-likeness (QED) is 0.763. The molecule has 1 aromatic carbocycles. The largest absolute Gasteiger partial charge is 0.417 e. The van der Waals surface area contributed by atoms with E-state index < -0.39 is 23.0 Å². The zero-order chi connectivity index (χ0) is 19.1. The van der Waals surface area contributed by atoms with Gasteiger partial charge in [0.05, 0.1) is 29.8 Å². The molecule has 0 radical (unpaired) electrons. The second-order valence-corrected chi connectivity index (χ2v) is 6.74. The minimum absolute atomic E-state index is 0.0575. The molecule has 4 nitrogen and oxygen atoms in total. The molecule has 1 fully saturated rings. The second-order valence-electron chi connectivity index (χ2n) is 6.74. The van der Waals surface area contributed by atoms with Crippen molar-refractivity contribution in [1.29, 1.82) is 0 Å². The number of hydrogen-bond donors (Lipinski definition) is 0. The molecular weight excluding hydrogens is 352 g/mol. The normalized spacial score (nSPS) is 17.0. The Kier molecular flexibility index (Phi) is 4.47. The lowest BCUT2D eigenvalue weighted by Crippen LogP contribution is -2.30. The van der Waals surface area contributed by atoms with Crippen LogP contribution in [-0.4, -0.2) is 22.6 Å². The van der Waals surface area contributed by atoms with Crippen LogP contribution < -0.4 is 0 Å². The van der Waals surface area contributed by atoms with E-state index in [-0.39, 0.29) is 30.3 Å². The van der Waals surface area contributed by atoms with Crippen molar-refractivity contribution in [2.75, 3.05) is 6.61 Å². The highest BCUT2D eigenvalue weighted by Crippen LogP contribution is 2.31. The predicted molar refractivity (Wildman–Crippen MR) is 84.9 cm³/mol. The van der Waals surface area contributed by atoms with Crippen LogP contribution in [0.15, 0.2) is 36.5 Å². The van der Waals surface area contributed by atoms with E-state index in [1.165, 1.54) is 23.3 Å². The Labute approximate surface area is 147 Å². The molecule has 2 aromatic rings. The Bertz CT molecular complexity index is 832. The summed E-state index contributed by atoms with van der Waals surface area (Å²) in [7, 11) is 0. The van der Waals surface area contributed by atoms with Gasteiger partial charge in [0.25, 0.3) is 5.91 Å². The summed E-state index contributed by atoms with van der Waals surface area (Å²) in [6, 6.07) is 6.10. The summed E-state index contributed by atoms with van der Waals surface area (Å²) in [5, 5.41) is 1.21. The highest BCUT2D eigenvalue weighted by molar-refractivity contribution is 5.82. The summed E-state index contributed by atoms with van der Waals surface area (Å²) in [6.07, 6.45) is -3.84. The Morgan fingerprint density at radius 1 is 1.23 bits per heavy atom. The van der Waals surface area contributed by atoms with E-state index in [0.29, 0.717) is 11.8 Å². The van der Waals surface area contributed by atoms with Crippen molar-refractivity contribution in [2.24, 2.45) is 5.41 Å². The third-order valence-corrected chi connectivity index (χ3v) is 4.11. The van der Waals surface area contributed by atoms with E-state index in [1.54, 1.807) is 13.8 Å². The Morgan fingerprint density at radius 2 is 1.96 bits per heavy atom. The van der Waals surface area contributed by atoms with Crippen molar-refractivity contribution in [3.63, 3.8) is 0 Å². The van der Waals surface area contributed by atoms with Crippen LogP contribution in [0.3, 0.4) is 0 Å². The smallest absolute Gasteiger partial charge is 0.272 e. The van der Waals surface area contributed by atoms with Gasteiger partial charge in [0.1, 0.15) is 5.82 Å². The molecule has 2 heterocycles. The minimum atomic E-state index is -4.51. The van der Waals surface area contributed by atoms with Crippen molar-refractivity contribution in [3.05, 3.63) is 53.5 Å². The number of carbonyl (C=O) groups excluding carboxylic acids is 1. The van der Waals surface area contributed by atoms with Crippen LogP contribution in [0.5, 0.6) is 0 Å². The average Bonchev–Trinajstić information content (AvgIpc) is 2.83. The molecule has 1 aliphatic heterocycles. The number of aromatic nitrogens is 1. The van der Waals surface area contributed by atoms with Gasteiger partial charge in [-0.1, -0.05) is 6.07 Å². The first-order valence-corrected chi connectivity index (χ1v) is 7.85. The first kappa shape index (κ1) is 18.3. The number of nitrogens with zero attached hydrogens (tertiary/aromatic N) is 2. The molecular formula is C18H16F4N2O2. The number of pyridine rings is 1. The monoisotopic (exact) mass is 368 g/mol. The second kappa shape index (κ2) is 6.35. The fraction of sp³-hybridized carbons (Fsp3) is 0.333. The van der Waals surface area contributed by atoms with E-state index in [4.69, 9.17) is 4.84 Å². The molecule has 8 heteroatoms.